The van der Waals surface area contributed by atoms with Crippen molar-refractivity contribution in [3.05, 3.63) is 0 Å². The average Bonchev–Trinajstić information content (AvgIpc) is 2.23. The van der Waals surface area contributed by atoms with Gasteiger partial charge in [-0.25, -0.2) is 0 Å². The van der Waals surface area contributed by atoms with Crippen LogP contribution in [0.4, 0.5) is 0 Å². The molecule has 1 aliphatic heterocycles. The summed E-state index contributed by atoms with van der Waals surface area (Å²) in [5.41, 5.74) is 4.99. The van der Waals surface area contributed by atoms with Gasteiger partial charge in [0.25, 0.3) is 0 Å². The summed E-state index contributed by atoms with van der Waals surface area (Å²) in [6.07, 6.45) is 1.22. The average molecular weight is 264 g/mol. The molecule has 0 aromatic carbocycles. The van der Waals surface area contributed by atoms with E-state index in [1.165, 1.54) is 0 Å². The van der Waals surface area contributed by atoms with E-state index in [1.54, 1.807) is 11.9 Å². The first-order chi connectivity index (χ1) is 7.36. The van der Waals surface area contributed by atoms with Gasteiger partial charge in [0.1, 0.15) is 0 Å². The second-order valence-corrected chi connectivity index (χ2v) is 5.07. The Morgan fingerprint density at radius 3 is 2.65 bits per heavy atom. The van der Waals surface area contributed by atoms with E-state index in [2.05, 4.69) is 5.32 Å². The predicted molar refractivity (Wildman–Crippen MR) is 68.9 cm³/mol. The fourth-order valence-electron chi connectivity index (χ4n) is 1.60. The minimum Gasteiger partial charge on any atom is -0.351 e. The SMILES string of the molecule is CN1CC(NC(=O)C(C)(C)CN)CCC1=O.Cl. The highest BCUT2D eigenvalue weighted by atomic mass is 35.5. The number of likely N-dealkylation sites (N-methyl/N-ethyl adjacent to an activating group) is 1. The molecule has 1 atom stereocenters. The zero-order chi connectivity index (χ0) is 12.3. The number of nitrogens with one attached hydrogen (secondary N) is 1. The van der Waals surface area contributed by atoms with Crippen LogP contribution in [0.3, 0.4) is 0 Å². The lowest BCUT2D eigenvalue weighted by atomic mass is 9.91. The highest BCUT2D eigenvalue weighted by Crippen LogP contribution is 2.15. The second-order valence-electron chi connectivity index (χ2n) is 5.07. The largest absolute Gasteiger partial charge is 0.351 e. The van der Waals surface area contributed by atoms with E-state index < -0.39 is 5.41 Å². The van der Waals surface area contributed by atoms with Gasteiger partial charge >= 0.3 is 0 Å². The highest BCUT2D eigenvalue weighted by molar-refractivity contribution is 5.85. The molecule has 2 amide bonds. The summed E-state index contributed by atoms with van der Waals surface area (Å²) in [4.78, 5) is 24.8. The van der Waals surface area contributed by atoms with E-state index in [-0.39, 0.29) is 30.3 Å². The Labute approximate surface area is 109 Å². The summed E-state index contributed by atoms with van der Waals surface area (Å²) in [5, 5.41) is 2.95. The van der Waals surface area contributed by atoms with Crippen LogP contribution >= 0.6 is 12.4 Å². The Kier molecular flexibility index (Phi) is 5.92. The molecular weight excluding hydrogens is 242 g/mol. The summed E-state index contributed by atoms with van der Waals surface area (Å²) in [6, 6.07) is 0.0565. The zero-order valence-electron chi connectivity index (χ0n) is 10.7. The molecule has 0 aromatic rings. The first kappa shape index (κ1) is 16.2. The van der Waals surface area contributed by atoms with Gasteiger partial charge in [-0.05, 0) is 20.3 Å². The molecular formula is C11H22ClN3O2. The Morgan fingerprint density at radius 1 is 1.59 bits per heavy atom. The van der Waals surface area contributed by atoms with Crippen LogP contribution in [0.15, 0.2) is 0 Å². The van der Waals surface area contributed by atoms with Crippen LogP contribution in [0.5, 0.6) is 0 Å². The zero-order valence-corrected chi connectivity index (χ0v) is 11.5. The van der Waals surface area contributed by atoms with Crippen molar-refractivity contribution in [2.75, 3.05) is 20.1 Å². The lowest BCUT2D eigenvalue weighted by molar-refractivity contribution is -0.135. The molecule has 0 aliphatic carbocycles. The fraction of sp³-hybridized carbons (Fsp3) is 0.818. The monoisotopic (exact) mass is 263 g/mol. The number of hydrogen-bond donors (Lipinski definition) is 2. The molecule has 17 heavy (non-hydrogen) atoms. The van der Waals surface area contributed by atoms with E-state index in [9.17, 15) is 9.59 Å². The fourth-order valence-corrected chi connectivity index (χ4v) is 1.60. The summed E-state index contributed by atoms with van der Waals surface area (Å²) < 4.78 is 0. The quantitative estimate of drug-likeness (QED) is 0.760. The van der Waals surface area contributed by atoms with Crippen LogP contribution in [0, 0.1) is 5.41 Å². The van der Waals surface area contributed by atoms with Crippen LogP contribution in [-0.4, -0.2) is 42.9 Å². The summed E-state index contributed by atoms with van der Waals surface area (Å²) >= 11 is 0. The lowest BCUT2D eigenvalue weighted by Crippen LogP contribution is -2.52. The van der Waals surface area contributed by atoms with E-state index in [0.717, 1.165) is 6.42 Å². The molecule has 1 rings (SSSR count). The van der Waals surface area contributed by atoms with Crippen LogP contribution in [0.25, 0.3) is 0 Å². The molecule has 3 N–H and O–H groups in total. The number of piperidine rings is 1. The minimum atomic E-state index is -0.542. The van der Waals surface area contributed by atoms with Crippen LogP contribution in [0.1, 0.15) is 26.7 Å². The van der Waals surface area contributed by atoms with Crippen molar-refractivity contribution in [3.8, 4) is 0 Å². The summed E-state index contributed by atoms with van der Waals surface area (Å²) in [7, 11) is 1.76. The number of rotatable bonds is 3. The van der Waals surface area contributed by atoms with Gasteiger partial charge in [0.15, 0.2) is 0 Å². The number of halogens is 1. The molecule has 0 aromatic heterocycles. The van der Waals surface area contributed by atoms with Gasteiger partial charge in [0.05, 0.1) is 5.41 Å². The van der Waals surface area contributed by atoms with E-state index >= 15 is 0 Å². The van der Waals surface area contributed by atoms with Crippen molar-refractivity contribution in [3.63, 3.8) is 0 Å². The van der Waals surface area contributed by atoms with Crippen molar-refractivity contribution >= 4 is 24.2 Å². The molecule has 0 spiro atoms. The van der Waals surface area contributed by atoms with E-state index in [1.807, 2.05) is 13.8 Å². The Bertz CT molecular complexity index is 294. The first-order valence-electron chi connectivity index (χ1n) is 5.62. The van der Waals surface area contributed by atoms with Gasteiger partial charge in [-0.15, -0.1) is 12.4 Å². The first-order valence-corrected chi connectivity index (χ1v) is 5.62. The molecule has 0 radical (unpaired) electrons. The predicted octanol–water partition coefficient (Wildman–Crippen LogP) is 0.130. The molecule has 100 valence electrons. The number of carbonyl (C=O) groups excluding carboxylic acids is 2. The number of nitrogens with zero attached hydrogens (tertiary/aromatic N) is 1. The number of nitrogens with two attached hydrogens (primary N) is 1. The van der Waals surface area contributed by atoms with Gasteiger partial charge in [-0.2, -0.15) is 0 Å². The summed E-state index contributed by atoms with van der Waals surface area (Å²) in [6.45, 7) is 4.55. The topological polar surface area (TPSA) is 75.4 Å². The van der Waals surface area contributed by atoms with Crippen molar-refractivity contribution in [2.45, 2.75) is 32.7 Å². The van der Waals surface area contributed by atoms with Gasteiger partial charge in [-0.1, -0.05) is 0 Å². The standard InChI is InChI=1S/C11H21N3O2.ClH/c1-11(2,7-12)10(16)13-8-4-5-9(15)14(3)6-8;/h8H,4-7,12H2,1-3H3,(H,13,16);1H. The third-order valence-corrected chi connectivity index (χ3v) is 3.09. The molecule has 0 saturated carbocycles. The highest BCUT2D eigenvalue weighted by Gasteiger charge is 2.30. The summed E-state index contributed by atoms with van der Waals surface area (Å²) in [5.74, 6) is 0.103. The van der Waals surface area contributed by atoms with Gasteiger partial charge < -0.3 is 16.0 Å². The number of carbonyl (C=O) groups is 2. The smallest absolute Gasteiger partial charge is 0.227 e. The molecule has 1 saturated heterocycles. The minimum absolute atomic E-state index is 0. The molecule has 0 bridgehead atoms. The number of likely N-dealkylation sites (tertiary alicyclic amines) is 1. The molecule has 6 heteroatoms. The Balaban J connectivity index is 0.00000256. The van der Waals surface area contributed by atoms with Crippen LogP contribution < -0.4 is 11.1 Å². The third-order valence-electron chi connectivity index (χ3n) is 3.09. The van der Waals surface area contributed by atoms with Gasteiger partial charge in [0, 0.05) is 32.6 Å². The number of hydrogen-bond acceptors (Lipinski definition) is 3. The molecule has 5 nitrogen and oxygen atoms in total. The second kappa shape index (κ2) is 6.21. The molecule has 1 aliphatic rings. The molecule has 1 heterocycles. The van der Waals surface area contributed by atoms with Crippen molar-refractivity contribution in [1.82, 2.24) is 10.2 Å². The molecule has 1 fully saturated rings. The lowest BCUT2D eigenvalue weighted by Gasteiger charge is -2.32. The maximum Gasteiger partial charge on any atom is 0.227 e. The Morgan fingerprint density at radius 2 is 2.18 bits per heavy atom. The maximum absolute atomic E-state index is 11.9. The van der Waals surface area contributed by atoms with Crippen LogP contribution in [-0.2, 0) is 9.59 Å². The third kappa shape index (κ3) is 4.16. The van der Waals surface area contributed by atoms with Crippen LogP contribution in [0.2, 0.25) is 0 Å². The normalized spacial score (nSPS) is 20.8. The van der Waals surface area contributed by atoms with E-state index in [4.69, 9.17) is 5.73 Å². The van der Waals surface area contributed by atoms with E-state index in [0.29, 0.717) is 19.5 Å². The van der Waals surface area contributed by atoms with Gasteiger partial charge in [-0.3, -0.25) is 9.59 Å². The number of amides is 2. The van der Waals surface area contributed by atoms with Crippen molar-refractivity contribution < 1.29 is 9.59 Å². The molecule has 1 unspecified atom stereocenters. The Hall–Kier alpha value is -0.810. The van der Waals surface area contributed by atoms with Gasteiger partial charge in [0.2, 0.25) is 11.8 Å². The maximum atomic E-state index is 11.9. The van der Waals surface area contributed by atoms with Crippen molar-refractivity contribution in [2.24, 2.45) is 11.1 Å². The van der Waals surface area contributed by atoms with Crippen molar-refractivity contribution in [1.29, 1.82) is 0 Å².